The van der Waals surface area contributed by atoms with Gasteiger partial charge in [-0.25, -0.2) is 0 Å². The fourth-order valence-corrected chi connectivity index (χ4v) is 2.55. The fourth-order valence-electron chi connectivity index (χ4n) is 2.26. The van der Waals surface area contributed by atoms with E-state index in [4.69, 9.17) is 18.0 Å². The first-order valence-electron chi connectivity index (χ1n) is 6.13. The summed E-state index contributed by atoms with van der Waals surface area (Å²) in [5, 5.41) is 7.21. The molecule has 98 valence electrons. The van der Waals surface area contributed by atoms with Crippen molar-refractivity contribution in [2.24, 2.45) is 18.2 Å². The SMILES string of the molecule is CCc1nn(C)cc1NC(=O)C1(C(N)=S)CCC1. The molecule has 0 saturated heterocycles. The molecule has 1 saturated carbocycles. The van der Waals surface area contributed by atoms with Crippen molar-refractivity contribution in [1.82, 2.24) is 9.78 Å². The molecule has 1 aliphatic carbocycles. The van der Waals surface area contributed by atoms with Crippen molar-refractivity contribution in [3.8, 4) is 0 Å². The average Bonchev–Trinajstić information content (AvgIpc) is 2.56. The Kier molecular flexibility index (Phi) is 3.38. The first kappa shape index (κ1) is 13.0. The topological polar surface area (TPSA) is 72.9 Å². The fraction of sp³-hybridized carbons (Fsp3) is 0.583. The Morgan fingerprint density at radius 3 is 2.78 bits per heavy atom. The van der Waals surface area contributed by atoms with Crippen LogP contribution in [0.25, 0.3) is 0 Å². The number of hydrogen-bond donors (Lipinski definition) is 2. The first-order valence-corrected chi connectivity index (χ1v) is 6.54. The highest BCUT2D eigenvalue weighted by molar-refractivity contribution is 7.80. The highest BCUT2D eigenvalue weighted by Gasteiger charge is 2.47. The zero-order chi connectivity index (χ0) is 13.3. The Balaban J connectivity index is 2.18. The van der Waals surface area contributed by atoms with E-state index in [-0.39, 0.29) is 5.91 Å². The quantitative estimate of drug-likeness (QED) is 0.807. The summed E-state index contributed by atoms with van der Waals surface area (Å²) < 4.78 is 1.70. The van der Waals surface area contributed by atoms with E-state index in [1.165, 1.54) is 0 Å². The van der Waals surface area contributed by atoms with Crippen LogP contribution in [0.1, 0.15) is 31.9 Å². The molecule has 5 nitrogen and oxygen atoms in total. The molecular formula is C12H18N4OS. The zero-order valence-corrected chi connectivity index (χ0v) is 11.5. The summed E-state index contributed by atoms with van der Waals surface area (Å²) in [7, 11) is 1.83. The van der Waals surface area contributed by atoms with Crippen molar-refractivity contribution < 1.29 is 4.79 Å². The summed E-state index contributed by atoms with van der Waals surface area (Å²) in [5.74, 6) is -0.0936. The molecule has 3 N–H and O–H groups in total. The molecule has 1 amide bonds. The van der Waals surface area contributed by atoms with Gasteiger partial charge in [0.15, 0.2) is 0 Å². The van der Waals surface area contributed by atoms with E-state index in [9.17, 15) is 4.79 Å². The molecule has 2 rings (SSSR count). The third kappa shape index (κ3) is 2.01. The second-order valence-electron chi connectivity index (χ2n) is 4.77. The van der Waals surface area contributed by atoms with Gasteiger partial charge >= 0.3 is 0 Å². The highest BCUT2D eigenvalue weighted by Crippen LogP contribution is 2.42. The number of anilines is 1. The van der Waals surface area contributed by atoms with Crippen LogP contribution in [0.5, 0.6) is 0 Å². The molecule has 1 heterocycles. The van der Waals surface area contributed by atoms with Crippen molar-refractivity contribution in [1.29, 1.82) is 0 Å². The van der Waals surface area contributed by atoms with Crippen LogP contribution in [0.3, 0.4) is 0 Å². The summed E-state index contributed by atoms with van der Waals surface area (Å²) >= 11 is 5.04. The van der Waals surface area contributed by atoms with Crippen LogP contribution in [0.4, 0.5) is 5.69 Å². The normalized spacial score (nSPS) is 17.0. The maximum atomic E-state index is 12.3. The predicted molar refractivity (Wildman–Crippen MR) is 74.3 cm³/mol. The van der Waals surface area contributed by atoms with E-state index in [0.717, 1.165) is 37.1 Å². The van der Waals surface area contributed by atoms with Crippen molar-refractivity contribution >= 4 is 28.8 Å². The second kappa shape index (κ2) is 4.68. The van der Waals surface area contributed by atoms with E-state index in [2.05, 4.69) is 10.4 Å². The Morgan fingerprint density at radius 1 is 1.67 bits per heavy atom. The van der Waals surface area contributed by atoms with Gasteiger partial charge in [-0.05, 0) is 19.3 Å². The van der Waals surface area contributed by atoms with Crippen LogP contribution in [0.2, 0.25) is 0 Å². The molecule has 0 bridgehead atoms. The number of thiocarbonyl (C=S) groups is 1. The molecule has 1 aromatic rings. The van der Waals surface area contributed by atoms with Crippen LogP contribution >= 0.6 is 12.2 Å². The van der Waals surface area contributed by atoms with E-state index >= 15 is 0 Å². The number of hydrogen-bond acceptors (Lipinski definition) is 3. The standard InChI is InChI=1S/C12H18N4OS/c1-3-8-9(7-16(2)15-8)14-11(17)12(10(13)18)5-4-6-12/h7H,3-6H2,1-2H3,(H2,13,18)(H,14,17). The van der Waals surface area contributed by atoms with Crippen molar-refractivity contribution in [3.63, 3.8) is 0 Å². The lowest BCUT2D eigenvalue weighted by atomic mass is 9.68. The Hall–Kier alpha value is -1.43. The van der Waals surface area contributed by atoms with E-state index in [1.54, 1.807) is 4.68 Å². The molecule has 0 radical (unpaired) electrons. The molecule has 6 heteroatoms. The number of carbonyl (C=O) groups excluding carboxylic acids is 1. The summed E-state index contributed by atoms with van der Waals surface area (Å²) in [6, 6.07) is 0. The molecule has 18 heavy (non-hydrogen) atoms. The van der Waals surface area contributed by atoms with Gasteiger partial charge in [0.2, 0.25) is 5.91 Å². The van der Waals surface area contributed by atoms with Gasteiger partial charge in [0.25, 0.3) is 0 Å². The van der Waals surface area contributed by atoms with Crippen LogP contribution in [0, 0.1) is 5.41 Å². The maximum absolute atomic E-state index is 12.3. The van der Waals surface area contributed by atoms with Crippen LogP contribution in [0.15, 0.2) is 6.20 Å². The molecule has 0 unspecified atom stereocenters. The minimum Gasteiger partial charge on any atom is -0.392 e. The van der Waals surface area contributed by atoms with Gasteiger partial charge < -0.3 is 11.1 Å². The lowest BCUT2D eigenvalue weighted by Crippen LogP contribution is -2.50. The average molecular weight is 266 g/mol. The number of carbonyl (C=O) groups is 1. The largest absolute Gasteiger partial charge is 0.392 e. The lowest BCUT2D eigenvalue weighted by Gasteiger charge is -2.38. The summed E-state index contributed by atoms with van der Waals surface area (Å²) in [6.07, 6.45) is 5.07. The van der Waals surface area contributed by atoms with E-state index in [1.807, 2.05) is 20.2 Å². The Morgan fingerprint density at radius 2 is 2.33 bits per heavy atom. The van der Waals surface area contributed by atoms with Gasteiger partial charge in [-0.15, -0.1) is 0 Å². The summed E-state index contributed by atoms with van der Waals surface area (Å²) in [6.45, 7) is 2.00. The van der Waals surface area contributed by atoms with Gasteiger partial charge in [0.1, 0.15) is 0 Å². The van der Waals surface area contributed by atoms with E-state index < -0.39 is 5.41 Å². The van der Waals surface area contributed by atoms with Crippen LogP contribution < -0.4 is 11.1 Å². The minimum absolute atomic E-state index is 0.0936. The maximum Gasteiger partial charge on any atom is 0.237 e. The predicted octanol–water partition coefficient (Wildman–Crippen LogP) is 1.38. The number of nitrogens with zero attached hydrogens (tertiary/aromatic N) is 2. The van der Waals surface area contributed by atoms with Gasteiger partial charge in [-0.2, -0.15) is 5.10 Å². The number of aromatic nitrogens is 2. The van der Waals surface area contributed by atoms with Gasteiger partial charge in [0.05, 0.1) is 21.8 Å². The third-order valence-electron chi connectivity index (χ3n) is 3.60. The minimum atomic E-state index is -0.643. The molecule has 1 fully saturated rings. The van der Waals surface area contributed by atoms with Crippen LogP contribution in [-0.2, 0) is 18.3 Å². The number of rotatable bonds is 4. The number of amides is 1. The molecule has 0 spiro atoms. The molecule has 0 aromatic carbocycles. The molecule has 0 atom stereocenters. The van der Waals surface area contributed by atoms with Crippen molar-refractivity contribution in [2.45, 2.75) is 32.6 Å². The Labute approximate surface area is 112 Å². The number of aryl methyl sites for hydroxylation is 2. The summed E-state index contributed by atoms with van der Waals surface area (Å²) in [4.78, 5) is 12.6. The van der Waals surface area contributed by atoms with Crippen molar-refractivity contribution in [3.05, 3.63) is 11.9 Å². The number of nitrogens with one attached hydrogen (secondary N) is 1. The molecule has 0 aliphatic heterocycles. The Bertz CT molecular complexity index is 490. The zero-order valence-electron chi connectivity index (χ0n) is 10.7. The van der Waals surface area contributed by atoms with E-state index in [0.29, 0.717) is 4.99 Å². The van der Waals surface area contributed by atoms with Gasteiger partial charge in [-0.1, -0.05) is 25.6 Å². The smallest absolute Gasteiger partial charge is 0.237 e. The lowest BCUT2D eigenvalue weighted by molar-refractivity contribution is -0.125. The monoisotopic (exact) mass is 266 g/mol. The first-order chi connectivity index (χ1) is 8.49. The second-order valence-corrected chi connectivity index (χ2v) is 5.21. The molecular weight excluding hydrogens is 248 g/mol. The van der Waals surface area contributed by atoms with Crippen molar-refractivity contribution in [2.75, 3.05) is 5.32 Å². The van der Waals surface area contributed by atoms with Crippen LogP contribution in [-0.4, -0.2) is 20.7 Å². The molecule has 1 aliphatic rings. The summed E-state index contributed by atoms with van der Waals surface area (Å²) in [5.41, 5.74) is 6.71. The number of nitrogens with two attached hydrogens (primary N) is 1. The highest BCUT2D eigenvalue weighted by atomic mass is 32.1. The molecule has 1 aromatic heterocycles. The third-order valence-corrected chi connectivity index (χ3v) is 3.99. The van der Waals surface area contributed by atoms with Gasteiger partial charge in [-0.3, -0.25) is 9.48 Å². The van der Waals surface area contributed by atoms with Gasteiger partial charge in [0, 0.05) is 13.2 Å².